The number of piperidine rings is 1. The molecule has 142 valence electrons. The number of likely N-dealkylation sites (tertiary alicyclic amines) is 1. The van der Waals surface area contributed by atoms with Gasteiger partial charge in [-0.2, -0.15) is 0 Å². The summed E-state index contributed by atoms with van der Waals surface area (Å²) in [5, 5.41) is 11.3. The van der Waals surface area contributed by atoms with E-state index in [9.17, 15) is 4.79 Å². The van der Waals surface area contributed by atoms with E-state index in [0.717, 1.165) is 24.4 Å². The molecule has 2 fully saturated rings. The molecule has 0 spiro atoms. The highest BCUT2D eigenvalue weighted by Crippen LogP contribution is 2.38. The molecule has 1 atom stereocenters. The molecule has 1 aliphatic carbocycles. The number of hydrogen-bond acceptors (Lipinski definition) is 6. The fraction of sp³-hybridized carbons (Fsp3) is 0.550. The van der Waals surface area contributed by atoms with Crippen LogP contribution < -0.4 is 9.47 Å². The molecule has 1 saturated heterocycles. The van der Waals surface area contributed by atoms with Crippen molar-refractivity contribution >= 4 is 17.2 Å². The quantitative estimate of drug-likeness (QED) is 0.801. The minimum Gasteiger partial charge on any atom is -0.454 e. The first kappa shape index (κ1) is 17.0. The molecule has 2 aromatic rings. The summed E-state index contributed by atoms with van der Waals surface area (Å²) in [5.41, 5.74) is 0.656. The van der Waals surface area contributed by atoms with E-state index in [2.05, 4.69) is 10.2 Å². The van der Waals surface area contributed by atoms with Gasteiger partial charge in [0.2, 0.25) is 6.79 Å². The summed E-state index contributed by atoms with van der Waals surface area (Å²) in [6.45, 7) is 1.73. The lowest BCUT2D eigenvalue weighted by molar-refractivity contribution is 0.0706. The van der Waals surface area contributed by atoms with Crippen LogP contribution >= 0.6 is 11.3 Å². The van der Waals surface area contributed by atoms with Crippen LogP contribution in [-0.4, -0.2) is 40.9 Å². The second kappa shape index (κ2) is 7.11. The maximum absolute atomic E-state index is 13.0. The van der Waals surface area contributed by atoms with E-state index in [-0.39, 0.29) is 12.7 Å². The molecule has 2 aliphatic heterocycles. The Bertz CT molecular complexity index is 847. The summed E-state index contributed by atoms with van der Waals surface area (Å²) < 4.78 is 10.7. The first-order valence-electron chi connectivity index (χ1n) is 9.80. The van der Waals surface area contributed by atoms with Crippen LogP contribution in [0.1, 0.15) is 70.7 Å². The lowest BCUT2D eigenvalue weighted by Crippen LogP contribution is -2.39. The van der Waals surface area contributed by atoms with Crippen LogP contribution in [0.5, 0.6) is 11.5 Å². The first-order valence-corrected chi connectivity index (χ1v) is 10.6. The Labute approximate surface area is 162 Å². The largest absolute Gasteiger partial charge is 0.454 e. The normalized spacial score (nSPS) is 22.4. The van der Waals surface area contributed by atoms with Crippen molar-refractivity contribution in [2.75, 3.05) is 19.9 Å². The van der Waals surface area contributed by atoms with Gasteiger partial charge in [-0.3, -0.25) is 4.79 Å². The topological polar surface area (TPSA) is 64.6 Å². The summed E-state index contributed by atoms with van der Waals surface area (Å²) in [4.78, 5) is 14.9. The maximum atomic E-state index is 13.0. The molecule has 0 radical (unpaired) electrons. The van der Waals surface area contributed by atoms with E-state index in [1.165, 1.54) is 30.7 Å². The van der Waals surface area contributed by atoms with Crippen LogP contribution in [0.2, 0.25) is 0 Å². The van der Waals surface area contributed by atoms with E-state index in [1.54, 1.807) is 17.4 Å². The van der Waals surface area contributed by atoms with E-state index in [4.69, 9.17) is 9.47 Å². The van der Waals surface area contributed by atoms with Crippen molar-refractivity contribution in [2.45, 2.75) is 50.4 Å². The fourth-order valence-electron chi connectivity index (χ4n) is 4.32. The van der Waals surface area contributed by atoms with Crippen molar-refractivity contribution in [3.05, 3.63) is 33.8 Å². The summed E-state index contributed by atoms with van der Waals surface area (Å²) in [6, 6.07) is 5.43. The van der Waals surface area contributed by atoms with Gasteiger partial charge in [0.1, 0.15) is 10.0 Å². The summed E-state index contributed by atoms with van der Waals surface area (Å²) >= 11 is 1.77. The second-order valence-corrected chi connectivity index (χ2v) is 8.66. The third-order valence-corrected chi connectivity index (χ3v) is 7.09. The molecule has 1 amide bonds. The van der Waals surface area contributed by atoms with Gasteiger partial charge in [-0.25, -0.2) is 0 Å². The second-order valence-electron chi connectivity index (χ2n) is 7.62. The molecule has 3 heterocycles. The van der Waals surface area contributed by atoms with E-state index >= 15 is 0 Å². The Hall–Kier alpha value is -2.15. The Morgan fingerprint density at radius 3 is 2.59 bits per heavy atom. The maximum Gasteiger partial charge on any atom is 0.254 e. The molecule has 27 heavy (non-hydrogen) atoms. The number of carbonyl (C=O) groups excluding carboxylic acids is 1. The number of rotatable bonds is 3. The standard InChI is InChI=1S/C20H23N3O3S/c24-20(14-7-8-16-17(10-14)26-12-25-16)23-9-3-6-15(11-23)19-22-21-18(27-19)13-4-1-2-5-13/h7-8,10,13,15H,1-6,9,11-12H2. The predicted molar refractivity (Wildman–Crippen MR) is 102 cm³/mol. The van der Waals surface area contributed by atoms with Crippen molar-refractivity contribution in [2.24, 2.45) is 0 Å². The molecule has 1 saturated carbocycles. The lowest BCUT2D eigenvalue weighted by Gasteiger charge is -2.31. The number of hydrogen-bond donors (Lipinski definition) is 0. The summed E-state index contributed by atoms with van der Waals surface area (Å²) in [7, 11) is 0. The number of benzene rings is 1. The first-order chi connectivity index (χ1) is 13.3. The highest BCUT2D eigenvalue weighted by Gasteiger charge is 2.30. The van der Waals surface area contributed by atoms with Crippen LogP contribution in [0.3, 0.4) is 0 Å². The van der Waals surface area contributed by atoms with Crippen LogP contribution in [0.25, 0.3) is 0 Å². The van der Waals surface area contributed by atoms with Crippen molar-refractivity contribution in [3.63, 3.8) is 0 Å². The van der Waals surface area contributed by atoms with Gasteiger partial charge in [0.15, 0.2) is 11.5 Å². The van der Waals surface area contributed by atoms with E-state index in [1.807, 2.05) is 17.0 Å². The van der Waals surface area contributed by atoms with Gasteiger partial charge in [0, 0.05) is 30.5 Å². The number of nitrogens with zero attached hydrogens (tertiary/aromatic N) is 3. The molecule has 1 aromatic carbocycles. The van der Waals surface area contributed by atoms with Gasteiger partial charge in [0.05, 0.1) is 0 Å². The van der Waals surface area contributed by atoms with Crippen molar-refractivity contribution in [1.29, 1.82) is 0 Å². The Balaban J connectivity index is 1.30. The summed E-state index contributed by atoms with van der Waals surface area (Å²) in [5.74, 6) is 2.31. The number of amides is 1. The molecular weight excluding hydrogens is 362 g/mol. The number of ether oxygens (including phenoxy) is 2. The highest BCUT2D eigenvalue weighted by atomic mass is 32.1. The van der Waals surface area contributed by atoms with Crippen molar-refractivity contribution in [3.8, 4) is 11.5 Å². The SMILES string of the molecule is O=C(c1ccc2c(c1)OCO2)N1CCCC(c2nnc(C3CCCC3)s2)C1. The third-order valence-electron chi connectivity index (χ3n) is 5.84. The molecule has 6 nitrogen and oxygen atoms in total. The molecule has 0 bridgehead atoms. The molecule has 1 aromatic heterocycles. The highest BCUT2D eigenvalue weighted by molar-refractivity contribution is 7.11. The number of aromatic nitrogens is 2. The van der Waals surface area contributed by atoms with Gasteiger partial charge in [-0.05, 0) is 43.9 Å². The van der Waals surface area contributed by atoms with E-state index in [0.29, 0.717) is 35.4 Å². The van der Waals surface area contributed by atoms with Gasteiger partial charge in [-0.1, -0.05) is 12.8 Å². The van der Waals surface area contributed by atoms with Crippen molar-refractivity contribution in [1.82, 2.24) is 15.1 Å². The van der Waals surface area contributed by atoms with Gasteiger partial charge < -0.3 is 14.4 Å². The minimum atomic E-state index is 0.0542. The predicted octanol–water partition coefficient (Wildman–Crippen LogP) is 3.94. The van der Waals surface area contributed by atoms with Gasteiger partial charge >= 0.3 is 0 Å². The average Bonchev–Trinajstić information content (AvgIpc) is 3.47. The molecule has 7 heteroatoms. The average molecular weight is 385 g/mol. The Morgan fingerprint density at radius 1 is 1.00 bits per heavy atom. The molecular formula is C20H23N3O3S. The van der Waals surface area contributed by atoms with Gasteiger partial charge in [-0.15, -0.1) is 21.5 Å². The smallest absolute Gasteiger partial charge is 0.254 e. The van der Waals surface area contributed by atoms with Gasteiger partial charge in [0.25, 0.3) is 5.91 Å². The zero-order chi connectivity index (χ0) is 18.2. The summed E-state index contributed by atoms with van der Waals surface area (Å²) in [6.07, 6.45) is 7.17. The number of carbonyl (C=O) groups is 1. The molecule has 5 rings (SSSR count). The van der Waals surface area contributed by atoms with Crippen LogP contribution in [0, 0.1) is 0 Å². The van der Waals surface area contributed by atoms with Crippen LogP contribution in [-0.2, 0) is 0 Å². The lowest BCUT2D eigenvalue weighted by atomic mass is 9.98. The number of fused-ring (bicyclic) bond motifs is 1. The minimum absolute atomic E-state index is 0.0542. The Kier molecular flexibility index (Phi) is 4.47. The zero-order valence-corrected chi connectivity index (χ0v) is 16.0. The Morgan fingerprint density at radius 2 is 1.74 bits per heavy atom. The monoisotopic (exact) mass is 385 g/mol. The molecule has 0 N–H and O–H groups in total. The molecule has 3 aliphatic rings. The fourth-order valence-corrected chi connectivity index (χ4v) is 5.46. The van der Waals surface area contributed by atoms with E-state index < -0.39 is 0 Å². The third kappa shape index (κ3) is 3.29. The zero-order valence-electron chi connectivity index (χ0n) is 15.2. The van der Waals surface area contributed by atoms with Crippen molar-refractivity contribution < 1.29 is 14.3 Å². The molecule has 1 unspecified atom stereocenters. The van der Waals surface area contributed by atoms with Crippen LogP contribution in [0.4, 0.5) is 0 Å². The van der Waals surface area contributed by atoms with Crippen LogP contribution in [0.15, 0.2) is 18.2 Å².